The van der Waals surface area contributed by atoms with Gasteiger partial charge in [0.05, 0.1) is 19.9 Å². The van der Waals surface area contributed by atoms with Crippen molar-refractivity contribution in [1.29, 1.82) is 0 Å². The van der Waals surface area contributed by atoms with Crippen molar-refractivity contribution >= 4 is 17.2 Å². The molecule has 2 heterocycles. The Morgan fingerprint density at radius 2 is 2.13 bits per heavy atom. The van der Waals surface area contributed by atoms with E-state index in [0.29, 0.717) is 24.4 Å². The number of ether oxygens (including phenoxy) is 1. The predicted octanol–water partition coefficient (Wildman–Crippen LogP) is 4.19. The van der Waals surface area contributed by atoms with Crippen molar-refractivity contribution in [2.24, 2.45) is 0 Å². The van der Waals surface area contributed by atoms with Crippen LogP contribution in [-0.2, 0) is 13.1 Å². The average Bonchev–Trinajstić information content (AvgIpc) is 3.27. The highest BCUT2D eigenvalue weighted by Gasteiger charge is 2.18. The number of hydrogen-bond acceptors (Lipinski definition) is 4. The summed E-state index contributed by atoms with van der Waals surface area (Å²) in [7, 11) is 1.59. The number of nitrogens with zero attached hydrogens (tertiary/aromatic N) is 1. The molecule has 0 aliphatic carbocycles. The lowest BCUT2D eigenvalue weighted by Gasteiger charge is -2.21. The minimum Gasteiger partial charge on any atom is -0.497 e. The molecule has 3 aromatic rings. The van der Waals surface area contributed by atoms with Gasteiger partial charge in [-0.05, 0) is 52.7 Å². The van der Waals surface area contributed by atoms with E-state index in [9.17, 15) is 4.79 Å². The number of benzene rings is 1. The molecule has 2 aromatic heterocycles. The summed E-state index contributed by atoms with van der Waals surface area (Å²) in [6.45, 7) is 0.971. The Morgan fingerprint density at radius 1 is 1.22 bits per heavy atom. The second kappa shape index (κ2) is 7.15. The summed E-state index contributed by atoms with van der Waals surface area (Å²) in [4.78, 5) is 14.7. The van der Waals surface area contributed by atoms with E-state index in [-0.39, 0.29) is 5.91 Å². The molecule has 3 rings (SSSR count). The number of carbonyl (C=O) groups excluding carboxylic acids is 1. The second-order valence-electron chi connectivity index (χ2n) is 5.10. The minimum atomic E-state index is -0.0495. The van der Waals surface area contributed by atoms with Crippen LogP contribution < -0.4 is 4.74 Å². The Kier molecular flexibility index (Phi) is 4.78. The molecule has 0 radical (unpaired) electrons. The van der Waals surface area contributed by atoms with E-state index in [0.717, 1.165) is 11.3 Å². The average molecular weight is 327 g/mol. The molecule has 1 aromatic carbocycles. The number of amides is 1. The van der Waals surface area contributed by atoms with Crippen LogP contribution in [0.5, 0.6) is 5.75 Å². The van der Waals surface area contributed by atoms with Crippen LogP contribution >= 0.6 is 11.3 Å². The van der Waals surface area contributed by atoms with Gasteiger partial charge in [0.1, 0.15) is 11.5 Å². The highest BCUT2D eigenvalue weighted by molar-refractivity contribution is 7.07. The SMILES string of the molecule is COc1cccc(C(=O)N(Cc2ccsc2)Cc2ccco2)c1. The van der Waals surface area contributed by atoms with Crippen molar-refractivity contribution in [3.05, 3.63) is 76.4 Å². The fourth-order valence-electron chi connectivity index (χ4n) is 2.33. The quantitative estimate of drug-likeness (QED) is 0.682. The van der Waals surface area contributed by atoms with Gasteiger partial charge < -0.3 is 14.1 Å². The molecule has 0 saturated heterocycles. The zero-order valence-corrected chi connectivity index (χ0v) is 13.6. The molecule has 0 spiro atoms. The molecular formula is C18H17NO3S. The van der Waals surface area contributed by atoms with Crippen LogP contribution in [0, 0.1) is 0 Å². The Morgan fingerprint density at radius 3 is 2.83 bits per heavy atom. The van der Waals surface area contributed by atoms with Crippen molar-refractivity contribution in [3.63, 3.8) is 0 Å². The molecule has 0 atom stereocenters. The van der Waals surface area contributed by atoms with Crippen molar-refractivity contribution in [2.45, 2.75) is 13.1 Å². The molecule has 23 heavy (non-hydrogen) atoms. The molecule has 0 bridgehead atoms. The Labute approximate surface area is 138 Å². The van der Waals surface area contributed by atoms with Crippen LogP contribution in [-0.4, -0.2) is 17.9 Å². The summed E-state index contributed by atoms with van der Waals surface area (Å²) in [5.41, 5.74) is 1.71. The largest absolute Gasteiger partial charge is 0.497 e. The summed E-state index contributed by atoms with van der Waals surface area (Å²) in [6, 6.07) is 12.9. The van der Waals surface area contributed by atoms with Gasteiger partial charge in [-0.2, -0.15) is 11.3 Å². The number of furan rings is 1. The zero-order chi connectivity index (χ0) is 16.1. The predicted molar refractivity (Wildman–Crippen MR) is 89.6 cm³/mol. The molecule has 0 aliphatic heterocycles. The maximum atomic E-state index is 12.9. The van der Waals surface area contributed by atoms with Gasteiger partial charge in [0.2, 0.25) is 0 Å². The molecule has 0 aliphatic rings. The fraction of sp³-hybridized carbons (Fsp3) is 0.167. The lowest BCUT2D eigenvalue weighted by Crippen LogP contribution is -2.29. The fourth-order valence-corrected chi connectivity index (χ4v) is 2.99. The standard InChI is InChI=1S/C18H17NO3S/c1-21-16-5-2-4-15(10-16)18(20)19(11-14-7-9-23-13-14)12-17-6-3-8-22-17/h2-10,13H,11-12H2,1H3. The summed E-state index contributed by atoms with van der Waals surface area (Å²) in [6.07, 6.45) is 1.62. The number of thiophene rings is 1. The first-order valence-corrected chi connectivity index (χ1v) is 8.17. The Bertz CT molecular complexity index is 714. The van der Waals surface area contributed by atoms with Crippen molar-refractivity contribution in [2.75, 3.05) is 7.11 Å². The smallest absolute Gasteiger partial charge is 0.254 e. The Hall–Kier alpha value is -2.53. The van der Waals surface area contributed by atoms with E-state index >= 15 is 0 Å². The lowest BCUT2D eigenvalue weighted by molar-refractivity contribution is 0.0717. The molecule has 5 heteroatoms. The van der Waals surface area contributed by atoms with E-state index in [1.165, 1.54) is 0 Å². The molecule has 4 nitrogen and oxygen atoms in total. The second-order valence-corrected chi connectivity index (χ2v) is 5.88. The molecule has 0 N–H and O–H groups in total. The summed E-state index contributed by atoms with van der Waals surface area (Å²) >= 11 is 1.62. The number of methoxy groups -OCH3 is 1. The topological polar surface area (TPSA) is 42.7 Å². The van der Waals surface area contributed by atoms with E-state index < -0.39 is 0 Å². The van der Waals surface area contributed by atoms with Crippen LogP contribution in [0.15, 0.2) is 63.9 Å². The van der Waals surface area contributed by atoms with Gasteiger partial charge in [-0.1, -0.05) is 6.07 Å². The summed E-state index contributed by atoms with van der Waals surface area (Å²) in [5, 5.41) is 4.06. The van der Waals surface area contributed by atoms with Crippen LogP contribution in [0.3, 0.4) is 0 Å². The van der Waals surface area contributed by atoms with E-state index in [2.05, 4.69) is 0 Å². The number of hydrogen-bond donors (Lipinski definition) is 0. The third-order valence-electron chi connectivity index (χ3n) is 3.48. The van der Waals surface area contributed by atoms with Crippen molar-refractivity contribution in [3.8, 4) is 5.75 Å². The van der Waals surface area contributed by atoms with Gasteiger partial charge in [-0.25, -0.2) is 0 Å². The third-order valence-corrected chi connectivity index (χ3v) is 4.22. The molecule has 1 amide bonds. The normalized spacial score (nSPS) is 10.5. The number of carbonyl (C=O) groups is 1. The first-order valence-electron chi connectivity index (χ1n) is 7.23. The van der Waals surface area contributed by atoms with Gasteiger partial charge in [0, 0.05) is 12.1 Å². The summed E-state index contributed by atoms with van der Waals surface area (Å²) < 4.78 is 10.6. The number of rotatable bonds is 6. The summed E-state index contributed by atoms with van der Waals surface area (Å²) in [5.74, 6) is 1.38. The molecule has 0 unspecified atom stereocenters. The van der Waals surface area contributed by atoms with Crippen molar-refractivity contribution in [1.82, 2.24) is 4.90 Å². The van der Waals surface area contributed by atoms with Crippen LogP contribution in [0.1, 0.15) is 21.7 Å². The molecule has 118 valence electrons. The first kappa shape index (κ1) is 15.4. The zero-order valence-electron chi connectivity index (χ0n) is 12.8. The van der Waals surface area contributed by atoms with Gasteiger partial charge >= 0.3 is 0 Å². The minimum absolute atomic E-state index is 0.0495. The van der Waals surface area contributed by atoms with Crippen LogP contribution in [0.2, 0.25) is 0 Å². The monoisotopic (exact) mass is 327 g/mol. The van der Waals surface area contributed by atoms with Crippen LogP contribution in [0.25, 0.3) is 0 Å². The lowest BCUT2D eigenvalue weighted by atomic mass is 10.1. The maximum Gasteiger partial charge on any atom is 0.254 e. The molecule has 0 fully saturated rings. The van der Waals surface area contributed by atoms with Gasteiger partial charge in [0.25, 0.3) is 5.91 Å². The molecular weight excluding hydrogens is 310 g/mol. The van der Waals surface area contributed by atoms with Gasteiger partial charge in [-0.3, -0.25) is 4.79 Å². The van der Waals surface area contributed by atoms with E-state index in [4.69, 9.17) is 9.15 Å². The molecule has 0 saturated carbocycles. The van der Waals surface area contributed by atoms with Gasteiger partial charge in [-0.15, -0.1) is 0 Å². The maximum absolute atomic E-state index is 12.9. The highest BCUT2D eigenvalue weighted by Crippen LogP contribution is 2.19. The van der Waals surface area contributed by atoms with E-state index in [1.54, 1.807) is 41.7 Å². The Balaban J connectivity index is 1.84. The van der Waals surface area contributed by atoms with E-state index in [1.807, 2.05) is 41.1 Å². The van der Waals surface area contributed by atoms with Gasteiger partial charge in [0.15, 0.2) is 0 Å². The third kappa shape index (κ3) is 3.81. The highest BCUT2D eigenvalue weighted by atomic mass is 32.1. The van der Waals surface area contributed by atoms with Crippen molar-refractivity contribution < 1.29 is 13.9 Å². The van der Waals surface area contributed by atoms with Crippen LogP contribution in [0.4, 0.5) is 0 Å². The first-order chi connectivity index (χ1) is 11.3.